The first-order valence-electron chi connectivity index (χ1n) is 7.46. The number of carbonyl (C=O) groups excluding carboxylic acids is 1. The number of hydrogen-bond donors (Lipinski definition) is 1. The smallest absolute Gasteiger partial charge is 0.298 e. The average Bonchev–Trinajstić information content (AvgIpc) is 3.02. The highest BCUT2D eigenvalue weighted by atomic mass is 35.5. The Kier molecular flexibility index (Phi) is 4.64. The fourth-order valence-electron chi connectivity index (χ4n) is 2.10. The predicted molar refractivity (Wildman–Crippen MR) is 95.2 cm³/mol. The molecule has 0 aliphatic carbocycles. The molecule has 1 amide bonds. The van der Waals surface area contributed by atoms with E-state index in [1.54, 1.807) is 24.3 Å². The number of anilines is 1. The topological polar surface area (TPSA) is 76.4 Å². The molecule has 1 aromatic carbocycles. The van der Waals surface area contributed by atoms with Crippen molar-refractivity contribution in [1.29, 1.82) is 0 Å². The van der Waals surface area contributed by atoms with E-state index in [0.29, 0.717) is 15.5 Å². The molecule has 0 saturated heterocycles. The molecule has 3 rings (SSSR count). The van der Waals surface area contributed by atoms with Crippen LogP contribution in [0.1, 0.15) is 41.6 Å². The van der Waals surface area contributed by atoms with E-state index in [-0.39, 0.29) is 11.6 Å². The largest absolute Gasteiger partial charge is 0.316 e. The number of halogens is 1. The number of nitrogens with zero attached hydrogens (tertiary/aromatic N) is 3. The maximum absolute atomic E-state index is 12.5. The number of amides is 1. The van der Waals surface area contributed by atoms with Gasteiger partial charge in [-0.2, -0.15) is 9.61 Å². The van der Waals surface area contributed by atoms with Crippen LogP contribution in [-0.4, -0.2) is 20.5 Å². The molecule has 0 fully saturated rings. The molecule has 0 aliphatic heterocycles. The summed E-state index contributed by atoms with van der Waals surface area (Å²) in [4.78, 5) is 29.5. The van der Waals surface area contributed by atoms with Gasteiger partial charge in [-0.1, -0.05) is 48.9 Å². The van der Waals surface area contributed by atoms with Gasteiger partial charge in [0.1, 0.15) is 10.7 Å². The Hall–Kier alpha value is -2.25. The average molecular weight is 363 g/mol. The van der Waals surface area contributed by atoms with Gasteiger partial charge in [0.05, 0.1) is 16.8 Å². The van der Waals surface area contributed by atoms with Gasteiger partial charge < -0.3 is 5.32 Å². The summed E-state index contributed by atoms with van der Waals surface area (Å²) in [5.74, 6) is -0.214. The van der Waals surface area contributed by atoms with E-state index in [1.807, 2.05) is 6.92 Å². The van der Waals surface area contributed by atoms with Crippen molar-refractivity contribution in [2.45, 2.75) is 26.2 Å². The molecular formula is C16H15ClN4O2S. The van der Waals surface area contributed by atoms with Crippen LogP contribution in [0.2, 0.25) is 5.02 Å². The number of aromatic nitrogens is 3. The molecule has 0 bridgehead atoms. The lowest BCUT2D eigenvalue weighted by atomic mass is 10.1. The molecule has 24 heavy (non-hydrogen) atoms. The third kappa shape index (κ3) is 3.05. The molecule has 0 aliphatic rings. The van der Waals surface area contributed by atoms with Gasteiger partial charge in [-0.25, -0.2) is 4.98 Å². The predicted octanol–water partition coefficient (Wildman–Crippen LogP) is 3.57. The second-order valence-corrected chi connectivity index (χ2v) is 6.75. The van der Waals surface area contributed by atoms with Gasteiger partial charge in [-0.3, -0.25) is 9.59 Å². The molecule has 1 atom stereocenters. The van der Waals surface area contributed by atoms with Gasteiger partial charge in [0.2, 0.25) is 4.96 Å². The zero-order chi connectivity index (χ0) is 17.3. The minimum atomic E-state index is -0.461. The van der Waals surface area contributed by atoms with Crippen molar-refractivity contribution < 1.29 is 4.79 Å². The zero-order valence-corrected chi connectivity index (χ0v) is 14.7. The van der Waals surface area contributed by atoms with Crippen LogP contribution in [0.4, 0.5) is 5.69 Å². The summed E-state index contributed by atoms with van der Waals surface area (Å²) in [7, 11) is 0. The number of hydrogen-bond acceptors (Lipinski definition) is 5. The first kappa shape index (κ1) is 16.6. The zero-order valence-electron chi connectivity index (χ0n) is 13.1. The number of fused-ring (bicyclic) bond motifs is 1. The molecule has 2 aromatic heterocycles. The molecule has 0 spiro atoms. The van der Waals surface area contributed by atoms with Crippen molar-refractivity contribution in [2.75, 3.05) is 5.32 Å². The minimum absolute atomic E-state index is 0.0680. The Morgan fingerprint density at radius 1 is 1.42 bits per heavy atom. The van der Waals surface area contributed by atoms with Crippen LogP contribution >= 0.6 is 22.9 Å². The van der Waals surface area contributed by atoms with Crippen LogP contribution in [0, 0.1) is 0 Å². The standard InChI is InChI=1S/C16H15ClN4O2S/c1-3-9(2)14-20-21-15(23)12(8-18-16(21)24-14)19-13(22)10-6-4-5-7-11(10)17/h4-9H,3H2,1-2H3,(H,19,22)/t9-/m0/s1. The quantitative estimate of drug-likeness (QED) is 0.769. The fourth-order valence-corrected chi connectivity index (χ4v) is 3.31. The Bertz CT molecular complexity index is 966. The van der Waals surface area contributed by atoms with Gasteiger partial charge in [0.15, 0.2) is 0 Å². The lowest BCUT2D eigenvalue weighted by Crippen LogP contribution is -2.23. The third-order valence-corrected chi connectivity index (χ3v) is 5.19. The summed E-state index contributed by atoms with van der Waals surface area (Å²) in [5.41, 5.74) is -0.0492. The molecule has 0 radical (unpaired) electrons. The molecule has 0 unspecified atom stereocenters. The Balaban J connectivity index is 1.96. The molecule has 124 valence electrons. The van der Waals surface area contributed by atoms with E-state index in [2.05, 4.69) is 22.3 Å². The minimum Gasteiger partial charge on any atom is -0.316 e. The van der Waals surface area contributed by atoms with Crippen LogP contribution < -0.4 is 10.9 Å². The van der Waals surface area contributed by atoms with Crippen molar-refractivity contribution in [3.8, 4) is 0 Å². The molecule has 8 heteroatoms. The van der Waals surface area contributed by atoms with Crippen LogP contribution in [0.5, 0.6) is 0 Å². The Morgan fingerprint density at radius 2 is 2.17 bits per heavy atom. The van der Waals surface area contributed by atoms with E-state index in [0.717, 1.165) is 11.4 Å². The molecule has 3 aromatic rings. The summed E-state index contributed by atoms with van der Waals surface area (Å²) in [6.07, 6.45) is 2.27. The molecule has 0 saturated carbocycles. The highest BCUT2D eigenvalue weighted by Crippen LogP contribution is 2.23. The molecule has 2 heterocycles. The second kappa shape index (κ2) is 6.70. The highest BCUT2D eigenvalue weighted by Gasteiger charge is 2.16. The summed E-state index contributed by atoms with van der Waals surface area (Å²) < 4.78 is 1.23. The molecular weight excluding hydrogens is 348 g/mol. The van der Waals surface area contributed by atoms with Gasteiger partial charge in [-0.15, -0.1) is 0 Å². The summed E-state index contributed by atoms with van der Waals surface area (Å²) in [5, 5.41) is 8.04. The second-order valence-electron chi connectivity index (χ2n) is 5.35. The van der Waals surface area contributed by atoms with E-state index in [9.17, 15) is 9.59 Å². The van der Waals surface area contributed by atoms with Gasteiger partial charge >= 0.3 is 0 Å². The summed E-state index contributed by atoms with van der Waals surface area (Å²) >= 11 is 7.38. The van der Waals surface area contributed by atoms with E-state index in [1.165, 1.54) is 22.0 Å². The Morgan fingerprint density at radius 3 is 2.88 bits per heavy atom. The van der Waals surface area contributed by atoms with Gasteiger partial charge in [0, 0.05) is 5.92 Å². The van der Waals surface area contributed by atoms with Crippen LogP contribution in [-0.2, 0) is 0 Å². The first-order valence-corrected chi connectivity index (χ1v) is 8.65. The van der Waals surface area contributed by atoms with Crippen LogP contribution in [0.25, 0.3) is 4.96 Å². The van der Waals surface area contributed by atoms with Crippen molar-refractivity contribution in [3.05, 3.63) is 56.4 Å². The van der Waals surface area contributed by atoms with E-state index in [4.69, 9.17) is 11.6 Å². The molecule has 1 N–H and O–H groups in total. The number of nitrogens with one attached hydrogen (secondary N) is 1. The molecule has 6 nitrogen and oxygen atoms in total. The SMILES string of the molecule is CC[C@H](C)c1nn2c(=O)c(NC(=O)c3ccccc3Cl)cnc2s1. The lowest BCUT2D eigenvalue weighted by molar-refractivity contribution is 0.102. The normalized spacial score (nSPS) is 12.3. The Labute approximate surface area is 147 Å². The van der Waals surface area contributed by atoms with Gasteiger partial charge in [-0.05, 0) is 18.6 Å². The maximum atomic E-state index is 12.5. The van der Waals surface area contributed by atoms with Gasteiger partial charge in [0.25, 0.3) is 11.5 Å². The van der Waals surface area contributed by atoms with Crippen molar-refractivity contribution in [3.63, 3.8) is 0 Å². The monoisotopic (exact) mass is 362 g/mol. The fraction of sp³-hybridized carbons (Fsp3) is 0.250. The first-order chi connectivity index (χ1) is 11.5. The maximum Gasteiger partial charge on any atom is 0.298 e. The van der Waals surface area contributed by atoms with E-state index >= 15 is 0 Å². The highest BCUT2D eigenvalue weighted by molar-refractivity contribution is 7.16. The lowest BCUT2D eigenvalue weighted by Gasteiger charge is -2.05. The van der Waals surface area contributed by atoms with Crippen molar-refractivity contribution >= 4 is 39.5 Å². The van der Waals surface area contributed by atoms with Crippen molar-refractivity contribution in [1.82, 2.24) is 14.6 Å². The number of carbonyl (C=O) groups is 1. The number of benzene rings is 1. The van der Waals surface area contributed by atoms with Crippen molar-refractivity contribution in [2.24, 2.45) is 0 Å². The summed E-state index contributed by atoms with van der Waals surface area (Å²) in [6.45, 7) is 4.10. The van der Waals surface area contributed by atoms with E-state index < -0.39 is 11.5 Å². The third-order valence-electron chi connectivity index (χ3n) is 3.70. The number of rotatable bonds is 4. The van der Waals surface area contributed by atoms with Crippen LogP contribution in [0.15, 0.2) is 35.3 Å². The summed E-state index contributed by atoms with van der Waals surface area (Å²) in [6, 6.07) is 6.63. The van der Waals surface area contributed by atoms with Crippen LogP contribution in [0.3, 0.4) is 0 Å².